The summed E-state index contributed by atoms with van der Waals surface area (Å²) in [5, 5.41) is 4.45. The topological polar surface area (TPSA) is 67.6 Å². The molecule has 3 heterocycles. The van der Waals surface area contributed by atoms with Gasteiger partial charge in [0.1, 0.15) is 11.3 Å². The molecule has 1 aromatic carbocycles. The molecule has 1 fully saturated rings. The van der Waals surface area contributed by atoms with Crippen molar-refractivity contribution in [2.75, 3.05) is 36.6 Å². The number of morpholine rings is 1. The van der Waals surface area contributed by atoms with Gasteiger partial charge in [0.2, 0.25) is 0 Å². The van der Waals surface area contributed by atoms with Crippen LogP contribution in [0.4, 0.5) is 15.9 Å². The Hall–Kier alpha value is -3.00. The summed E-state index contributed by atoms with van der Waals surface area (Å²) in [6, 6.07) is 6.93. The lowest BCUT2D eigenvalue weighted by Gasteiger charge is -2.29. The monoisotopic (exact) mass is 382 g/mol. The number of nitrogens with zero attached hydrogens (tertiary/aromatic N) is 5. The molecule has 7 nitrogen and oxygen atoms in total. The van der Waals surface area contributed by atoms with E-state index < -0.39 is 0 Å². The number of fused-ring (bicyclic) bond motifs is 1. The van der Waals surface area contributed by atoms with Crippen LogP contribution in [0.15, 0.2) is 35.7 Å². The van der Waals surface area contributed by atoms with Crippen molar-refractivity contribution in [3.05, 3.63) is 47.5 Å². The molecule has 1 N–H and O–H groups in total. The largest absolute Gasteiger partial charge is 0.378 e. The van der Waals surface area contributed by atoms with Crippen molar-refractivity contribution in [2.45, 2.75) is 13.8 Å². The molecule has 28 heavy (non-hydrogen) atoms. The van der Waals surface area contributed by atoms with Crippen LogP contribution in [0, 0.1) is 12.7 Å². The average Bonchev–Trinajstić information content (AvgIpc) is 3.09. The third kappa shape index (κ3) is 3.55. The van der Waals surface area contributed by atoms with Gasteiger partial charge in [-0.1, -0.05) is 6.07 Å². The molecule has 146 valence electrons. The Labute approximate surface area is 162 Å². The van der Waals surface area contributed by atoms with E-state index in [9.17, 15) is 4.39 Å². The molecule has 8 heteroatoms. The third-order valence-corrected chi connectivity index (χ3v) is 4.91. The smallest absolute Gasteiger partial charge is 0.164 e. The molecule has 0 atom stereocenters. The van der Waals surface area contributed by atoms with Gasteiger partial charge in [0, 0.05) is 26.2 Å². The molecule has 0 saturated carbocycles. The van der Waals surface area contributed by atoms with Crippen LogP contribution in [0.25, 0.3) is 11.2 Å². The molecule has 0 bridgehead atoms. The van der Waals surface area contributed by atoms with Gasteiger partial charge in [0.05, 0.1) is 30.9 Å². The number of aromatic nitrogens is 3. The minimum absolute atomic E-state index is 0.219. The van der Waals surface area contributed by atoms with E-state index in [4.69, 9.17) is 4.74 Å². The first-order valence-electron chi connectivity index (χ1n) is 9.24. The molecule has 1 saturated heterocycles. The summed E-state index contributed by atoms with van der Waals surface area (Å²) in [7, 11) is 1.92. The molecule has 0 spiro atoms. The van der Waals surface area contributed by atoms with Gasteiger partial charge in [0.15, 0.2) is 11.5 Å². The van der Waals surface area contributed by atoms with E-state index in [-0.39, 0.29) is 5.82 Å². The van der Waals surface area contributed by atoms with E-state index >= 15 is 0 Å². The third-order valence-electron chi connectivity index (χ3n) is 4.91. The van der Waals surface area contributed by atoms with Crippen LogP contribution in [0.2, 0.25) is 0 Å². The summed E-state index contributed by atoms with van der Waals surface area (Å²) in [4.78, 5) is 11.4. The predicted molar refractivity (Wildman–Crippen MR) is 109 cm³/mol. The summed E-state index contributed by atoms with van der Waals surface area (Å²) in [5.41, 5.74) is 7.93. The van der Waals surface area contributed by atoms with E-state index in [0.717, 1.165) is 41.2 Å². The highest BCUT2D eigenvalue weighted by molar-refractivity contribution is 5.99. The summed E-state index contributed by atoms with van der Waals surface area (Å²) in [6.07, 6.45) is 1.77. The SMILES string of the molecule is C/C(=N\Nc1cc(N2CCOCC2)c2ncn(C)c2n1)c1ccc(F)c(C)c1. The number of rotatable bonds is 4. The first-order chi connectivity index (χ1) is 13.5. The Morgan fingerprint density at radius 3 is 2.79 bits per heavy atom. The zero-order chi connectivity index (χ0) is 19.7. The van der Waals surface area contributed by atoms with Gasteiger partial charge in [-0.15, -0.1) is 0 Å². The van der Waals surface area contributed by atoms with Crippen LogP contribution in [-0.2, 0) is 11.8 Å². The summed E-state index contributed by atoms with van der Waals surface area (Å²) < 4.78 is 20.9. The summed E-state index contributed by atoms with van der Waals surface area (Å²) in [6.45, 7) is 6.64. The van der Waals surface area contributed by atoms with E-state index in [1.54, 1.807) is 25.4 Å². The number of hydrazone groups is 1. The van der Waals surface area contributed by atoms with E-state index in [2.05, 4.69) is 25.4 Å². The first-order valence-corrected chi connectivity index (χ1v) is 9.24. The van der Waals surface area contributed by atoms with E-state index in [1.165, 1.54) is 6.07 Å². The molecule has 0 radical (unpaired) electrons. The number of hydrogen-bond donors (Lipinski definition) is 1. The number of benzene rings is 1. The Morgan fingerprint density at radius 1 is 1.25 bits per heavy atom. The number of halogens is 1. The lowest BCUT2D eigenvalue weighted by molar-refractivity contribution is 0.123. The average molecular weight is 382 g/mol. The number of nitrogens with one attached hydrogen (secondary N) is 1. The molecule has 0 amide bonds. The number of anilines is 2. The van der Waals surface area contributed by atoms with Crippen molar-refractivity contribution in [3.8, 4) is 0 Å². The Balaban J connectivity index is 1.66. The lowest BCUT2D eigenvalue weighted by Crippen LogP contribution is -2.36. The van der Waals surface area contributed by atoms with Crippen LogP contribution in [0.5, 0.6) is 0 Å². The first kappa shape index (κ1) is 18.4. The maximum Gasteiger partial charge on any atom is 0.164 e. The second kappa shape index (κ2) is 7.55. The highest BCUT2D eigenvalue weighted by atomic mass is 19.1. The fourth-order valence-electron chi connectivity index (χ4n) is 3.26. The van der Waals surface area contributed by atoms with Crippen molar-refractivity contribution in [2.24, 2.45) is 12.1 Å². The van der Waals surface area contributed by atoms with Crippen molar-refractivity contribution in [1.82, 2.24) is 14.5 Å². The van der Waals surface area contributed by atoms with Gasteiger partial charge >= 0.3 is 0 Å². The maximum absolute atomic E-state index is 13.5. The van der Waals surface area contributed by atoms with Crippen LogP contribution in [0.1, 0.15) is 18.1 Å². The molecule has 4 rings (SSSR count). The van der Waals surface area contributed by atoms with Gasteiger partial charge in [-0.3, -0.25) is 5.43 Å². The molecular formula is C20H23FN6O. The molecule has 0 unspecified atom stereocenters. The van der Waals surface area contributed by atoms with Gasteiger partial charge in [-0.25, -0.2) is 14.4 Å². The second-order valence-electron chi connectivity index (χ2n) is 6.93. The Kier molecular flexibility index (Phi) is 4.95. The number of aryl methyl sites for hydroxylation is 2. The fraction of sp³-hybridized carbons (Fsp3) is 0.350. The van der Waals surface area contributed by atoms with Crippen molar-refractivity contribution in [3.63, 3.8) is 0 Å². The van der Waals surface area contributed by atoms with Crippen LogP contribution < -0.4 is 10.3 Å². The van der Waals surface area contributed by atoms with Gasteiger partial charge in [-0.2, -0.15) is 5.10 Å². The number of imidazole rings is 1. The van der Waals surface area contributed by atoms with Crippen molar-refractivity contribution >= 4 is 28.4 Å². The molecule has 0 aliphatic carbocycles. The van der Waals surface area contributed by atoms with Crippen LogP contribution >= 0.6 is 0 Å². The molecule has 1 aliphatic heterocycles. The predicted octanol–water partition coefficient (Wildman–Crippen LogP) is 3.09. The summed E-state index contributed by atoms with van der Waals surface area (Å²) >= 11 is 0. The zero-order valence-corrected chi connectivity index (χ0v) is 16.2. The van der Waals surface area contributed by atoms with Crippen LogP contribution in [0.3, 0.4) is 0 Å². The minimum atomic E-state index is -0.219. The Bertz CT molecular complexity index is 1040. The van der Waals surface area contributed by atoms with Crippen LogP contribution in [-0.4, -0.2) is 46.6 Å². The zero-order valence-electron chi connectivity index (χ0n) is 16.2. The lowest BCUT2D eigenvalue weighted by atomic mass is 10.1. The normalized spacial score (nSPS) is 15.3. The molecular weight excluding hydrogens is 359 g/mol. The number of hydrogen-bond acceptors (Lipinski definition) is 6. The highest BCUT2D eigenvalue weighted by Crippen LogP contribution is 2.28. The standard InChI is InChI=1S/C20H23FN6O/c1-13-10-15(4-5-16(13)21)14(2)24-25-18-11-17(27-6-8-28-9-7-27)19-20(23-18)26(3)12-22-19/h4-5,10-12H,6-9H2,1-3H3,(H,23,25)/b24-14+. The fourth-order valence-corrected chi connectivity index (χ4v) is 3.26. The van der Waals surface area contributed by atoms with Gasteiger partial charge in [-0.05, 0) is 37.1 Å². The van der Waals surface area contributed by atoms with Crippen molar-refractivity contribution < 1.29 is 9.13 Å². The minimum Gasteiger partial charge on any atom is -0.378 e. The highest BCUT2D eigenvalue weighted by Gasteiger charge is 2.18. The quantitative estimate of drug-likeness (QED) is 0.555. The number of pyridine rings is 1. The van der Waals surface area contributed by atoms with E-state index in [1.807, 2.05) is 24.6 Å². The molecule has 1 aliphatic rings. The van der Waals surface area contributed by atoms with Gasteiger partial charge in [0.25, 0.3) is 0 Å². The second-order valence-corrected chi connectivity index (χ2v) is 6.93. The van der Waals surface area contributed by atoms with Crippen molar-refractivity contribution in [1.29, 1.82) is 0 Å². The maximum atomic E-state index is 13.5. The van der Waals surface area contributed by atoms with Gasteiger partial charge < -0.3 is 14.2 Å². The molecule has 2 aromatic heterocycles. The molecule has 3 aromatic rings. The number of ether oxygens (including phenoxy) is 1. The summed E-state index contributed by atoms with van der Waals surface area (Å²) in [5.74, 6) is 0.416. The van der Waals surface area contributed by atoms with E-state index in [0.29, 0.717) is 24.6 Å². The Morgan fingerprint density at radius 2 is 2.04 bits per heavy atom.